The van der Waals surface area contributed by atoms with E-state index in [1.165, 1.54) is 96.4 Å². The van der Waals surface area contributed by atoms with Gasteiger partial charge in [-0.15, -0.1) is 0 Å². The van der Waals surface area contributed by atoms with E-state index in [1.54, 1.807) is 0 Å². The molecule has 0 aromatic rings. The third kappa shape index (κ3) is 26.4. The normalized spacial score (nSPS) is 13.5. The van der Waals surface area contributed by atoms with E-state index < -0.39 is 7.82 Å². The average molecular weight is 531 g/mol. The fourth-order valence-electron chi connectivity index (χ4n) is 3.83. The number of phosphoric acid groups is 1. The third-order valence-electron chi connectivity index (χ3n) is 6.22. The second-order valence-corrected chi connectivity index (χ2v) is 11.3. The predicted molar refractivity (Wildman–Crippen MR) is 156 cm³/mol. The summed E-state index contributed by atoms with van der Waals surface area (Å²) in [5.41, 5.74) is 0. The van der Waals surface area contributed by atoms with Crippen molar-refractivity contribution in [1.82, 2.24) is 4.90 Å². The summed E-state index contributed by atoms with van der Waals surface area (Å²) in [7, 11) is -3.75. The first-order valence-corrected chi connectivity index (χ1v) is 16.6. The summed E-state index contributed by atoms with van der Waals surface area (Å²) in [5, 5.41) is 0. The van der Waals surface area contributed by atoms with Gasteiger partial charge in [-0.1, -0.05) is 104 Å². The lowest BCUT2D eigenvalue weighted by atomic mass is 10.1. The molecule has 0 bridgehead atoms. The van der Waals surface area contributed by atoms with Crippen molar-refractivity contribution in [2.75, 3.05) is 32.8 Å². The summed E-state index contributed by atoms with van der Waals surface area (Å²) in [6, 6.07) is 0. The summed E-state index contributed by atoms with van der Waals surface area (Å²) in [5.74, 6) is 0. The van der Waals surface area contributed by atoms with Crippen LogP contribution in [0, 0.1) is 0 Å². The molecule has 1 heterocycles. The minimum absolute atomic E-state index is 0.288. The Kier molecular flexibility index (Phi) is 26.8. The van der Waals surface area contributed by atoms with Gasteiger partial charge in [-0.3, -0.25) is 14.0 Å². The van der Waals surface area contributed by atoms with Gasteiger partial charge in [0.1, 0.15) is 0 Å². The van der Waals surface area contributed by atoms with Gasteiger partial charge < -0.3 is 9.79 Å². The first-order valence-electron chi connectivity index (χ1n) is 15.1. The number of hydrogen-bond acceptors (Lipinski definition) is 5. The molecule has 214 valence electrons. The molecule has 0 radical (unpaired) electrons. The standard InChI is InChI=1S/C21H40N2.C8H19O4P/c1-2-3-4-5-6-7-8-9-10-11-12-13-14-15-16-17-19-23-20-18-22-21-23;1-3-5-7-11-13(9,10)12-8-6-4-2/h9-10,21H,2-8,11-20H2,1H3;3-8H2,1-2H3,(H,9,10)/b10-9-;. The van der Waals surface area contributed by atoms with Crippen molar-refractivity contribution in [2.45, 2.75) is 136 Å². The van der Waals surface area contributed by atoms with Crippen molar-refractivity contribution in [2.24, 2.45) is 4.99 Å². The molecule has 0 amide bonds. The first-order chi connectivity index (χ1) is 17.6. The molecular weight excluding hydrogens is 471 g/mol. The van der Waals surface area contributed by atoms with E-state index in [4.69, 9.17) is 13.9 Å². The summed E-state index contributed by atoms with van der Waals surface area (Å²) in [6.45, 7) is 10.2. The van der Waals surface area contributed by atoms with Gasteiger partial charge in [-0.2, -0.15) is 0 Å². The molecule has 0 fully saturated rings. The molecule has 1 aliphatic rings. The zero-order chi connectivity index (χ0) is 26.6. The Hall–Kier alpha value is -0.680. The molecule has 36 heavy (non-hydrogen) atoms. The van der Waals surface area contributed by atoms with Crippen LogP contribution in [0.25, 0.3) is 0 Å². The summed E-state index contributed by atoms with van der Waals surface area (Å²) < 4.78 is 20.5. The quantitative estimate of drug-likeness (QED) is 0.0765. The van der Waals surface area contributed by atoms with Gasteiger partial charge in [-0.25, -0.2) is 4.57 Å². The molecule has 0 aromatic carbocycles. The monoisotopic (exact) mass is 530 g/mol. The van der Waals surface area contributed by atoms with Crippen molar-refractivity contribution >= 4 is 14.2 Å². The molecule has 6 nitrogen and oxygen atoms in total. The third-order valence-corrected chi connectivity index (χ3v) is 7.24. The van der Waals surface area contributed by atoms with Crippen LogP contribution >= 0.6 is 7.82 Å². The maximum atomic E-state index is 11.1. The van der Waals surface area contributed by atoms with E-state index in [0.29, 0.717) is 0 Å². The number of unbranched alkanes of at least 4 members (excludes halogenated alkanes) is 14. The Balaban J connectivity index is 0.000000802. The number of nitrogens with zero attached hydrogens (tertiary/aromatic N) is 2. The average Bonchev–Trinajstić information content (AvgIpc) is 3.38. The maximum absolute atomic E-state index is 11.1. The summed E-state index contributed by atoms with van der Waals surface area (Å²) in [4.78, 5) is 15.7. The van der Waals surface area contributed by atoms with Gasteiger partial charge in [0.25, 0.3) is 0 Å². The van der Waals surface area contributed by atoms with Crippen molar-refractivity contribution in [3.63, 3.8) is 0 Å². The van der Waals surface area contributed by atoms with E-state index in [2.05, 4.69) is 29.0 Å². The van der Waals surface area contributed by atoms with E-state index in [-0.39, 0.29) is 13.2 Å². The van der Waals surface area contributed by atoms with E-state index in [1.807, 2.05) is 20.2 Å². The van der Waals surface area contributed by atoms with Crippen LogP contribution in [0.1, 0.15) is 136 Å². The smallest absolute Gasteiger partial charge is 0.361 e. The molecule has 0 spiro atoms. The Morgan fingerprint density at radius 2 is 1.22 bits per heavy atom. The second kappa shape index (κ2) is 27.4. The number of hydrogen-bond donors (Lipinski definition) is 1. The van der Waals surface area contributed by atoms with Crippen LogP contribution in [0.15, 0.2) is 17.1 Å². The Bertz CT molecular complexity index is 543. The second-order valence-electron chi connectivity index (χ2n) is 9.84. The Morgan fingerprint density at radius 1 is 0.750 bits per heavy atom. The number of allylic oxidation sites excluding steroid dienone is 2. The molecule has 0 unspecified atom stereocenters. The SMILES string of the molecule is CCCCCCCC/C=C\CCCCCCCCN1C=NCC1.CCCCOP(=O)(O)OCCCC. The molecule has 0 saturated carbocycles. The van der Waals surface area contributed by atoms with Crippen LogP contribution in [0.4, 0.5) is 0 Å². The highest BCUT2D eigenvalue weighted by Crippen LogP contribution is 2.43. The minimum atomic E-state index is -3.75. The fraction of sp³-hybridized carbons (Fsp3) is 0.897. The summed E-state index contributed by atoms with van der Waals surface area (Å²) >= 11 is 0. The first kappa shape index (κ1) is 35.3. The molecule has 0 aliphatic carbocycles. The van der Waals surface area contributed by atoms with E-state index in [0.717, 1.165) is 38.8 Å². The lowest BCUT2D eigenvalue weighted by Crippen LogP contribution is -2.20. The minimum Gasteiger partial charge on any atom is -0.361 e. The van der Waals surface area contributed by atoms with Crippen LogP contribution < -0.4 is 0 Å². The largest absolute Gasteiger partial charge is 0.472 e. The van der Waals surface area contributed by atoms with Crippen molar-refractivity contribution < 1.29 is 18.5 Å². The number of rotatable bonds is 24. The molecular formula is C29H59N2O4P. The van der Waals surface area contributed by atoms with E-state index >= 15 is 0 Å². The lowest BCUT2D eigenvalue weighted by molar-refractivity contribution is 0.146. The van der Waals surface area contributed by atoms with Crippen molar-refractivity contribution in [3.8, 4) is 0 Å². The molecule has 1 N–H and O–H groups in total. The highest BCUT2D eigenvalue weighted by Gasteiger charge is 2.19. The van der Waals surface area contributed by atoms with E-state index in [9.17, 15) is 4.57 Å². The molecule has 7 heteroatoms. The molecule has 1 aliphatic heterocycles. The number of phosphoric ester groups is 1. The topological polar surface area (TPSA) is 71.4 Å². The molecule has 1 rings (SSSR count). The van der Waals surface area contributed by atoms with Crippen LogP contribution in [0.2, 0.25) is 0 Å². The number of aliphatic imine (C=N–C) groups is 1. The highest BCUT2D eigenvalue weighted by atomic mass is 31.2. The highest BCUT2D eigenvalue weighted by molar-refractivity contribution is 7.47. The fourth-order valence-corrected chi connectivity index (χ4v) is 4.63. The lowest BCUT2D eigenvalue weighted by Gasteiger charge is -2.12. The maximum Gasteiger partial charge on any atom is 0.472 e. The predicted octanol–water partition coefficient (Wildman–Crippen LogP) is 9.09. The van der Waals surface area contributed by atoms with Gasteiger partial charge in [0, 0.05) is 13.1 Å². The van der Waals surface area contributed by atoms with Crippen molar-refractivity contribution in [1.29, 1.82) is 0 Å². The van der Waals surface area contributed by atoms with Gasteiger partial charge >= 0.3 is 7.82 Å². The molecule has 0 aromatic heterocycles. The Labute approximate surface area is 223 Å². The van der Waals surface area contributed by atoms with Gasteiger partial charge in [0.15, 0.2) is 0 Å². The summed E-state index contributed by atoms with van der Waals surface area (Å²) in [6.07, 6.45) is 29.7. The molecule has 0 atom stereocenters. The van der Waals surface area contributed by atoms with Crippen LogP contribution in [-0.4, -0.2) is 49.0 Å². The van der Waals surface area contributed by atoms with Crippen LogP contribution in [0.3, 0.4) is 0 Å². The van der Waals surface area contributed by atoms with Crippen LogP contribution in [0.5, 0.6) is 0 Å². The zero-order valence-corrected chi connectivity index (χ0v) is 24.9. The van der Waals surface area contributed by atoms with Crippen LogP contribution in [-0.2, 0) is 13.6 Å². The van der Waals surface area contributed by atoms with Gasteiger partial charge in [0.05, 0.1) is 26.1 Å². The van der Waals surface area contributed by atoms with Gasteiger partial charge in [-0.05, 0) is 44.9 Å². The zero-order valence-electron chi connectivity index (χ0n) is 24.0. The van der Waals surface area contributed by atoms with Crippen molar-refractivity contribution in [3.05, 3.63) is 12.2 Å². The Morgan fingerprint density at radius 3 is 1.69 bits per heavy atom. The van der Waals surface area contributed by atoms with Gasteiger partial charge in [0.2, 0.25) is 0 Å². The molecule has 0 saturated heterocycles.